The number of amides is 1. The Kier molecular flexibility index (Phi) is 3.92. The topological polar surface area (TPSA) is 59.8 Å². The first-order chi connectivity index (χ1) is 9.82. The molecule has 0 radical (unpaired) electrons. The Labute approximate surface area is 116 Å². The van der Waals surface area contributed by atoms with Gasteiger partial charge in [-0.15, -0.1) is 0 Å². The summed E-state index contributed by atoms with van der Waals surface area (Å²) in [5, 5.41) is 1.69. The van der Waals surface area contributed by atoms with E-state index in [-0.39, 0.29) is 5.69 Å². The highest BCUT2D eigenvalue weighted by Crippen LogP contribution is 2.24. The Balaban J connectivity index is 2.14. The summed E-state index contributed by atoms with van der Waals surface area (Å²) in [7, 11) is 0. The average Bonchev–Trinajstić information content (AvgIpc) is 2.85. The second-order valence-corrected chi connectivity index (χ2v) is 4.13. The molecule has 2 heterocycles. The number of aryl methyl sites for hydroxylation is 1. The maximum absolute atomic E-state index is 12.8. The summed E-state index contributed by atoms with van der Waals surface area (Å²) in [6.45, 7) is 1.74. The van der Waals surface area contributed by atoms with Gasteiger partial charge in [-0.05, 0) is 19.1 Å². The number of hydrogen-bond donors (Lipinski definition) is 1. The highest BCUT2D eigenvalue weighted by Gasteiger charge is 2.48. The molecule has 2 aromatic heterocycles. The minimum Gasteiger partial charge on any atom is -0.319 e. The van der Waals surface area contributed by atoms with Crippen LogP contribution in [0.3, 0.4) is 0 Å². The van der Waals surface area contributed by atoms with Gasteiger partial charge in [0.2, 0.25) is 0 Å². The molecule has 0 unspecified atom stereocenters. The molecule has 0 saturated heterocycles. The van der Waals surface area contributed by atoms with E-state index < -0.39 is 18.3 Å². The molecule has 0 atom stereocenters. The lowest BCUT2D eigenvalue weighted by Crippen LogP contribution is -2.41. The third-order valence-corrected chi connectivity index (χ3v) is 2.66. The minimum absolute atomic E-state index is 0.109. The Hall–Kier alpha value is -2.45. The number of rotatable bonds is 4. The molecule has 0 bridgehead atoms. The summed E-state index contributed by atoms with van der Waals surface area (Å²) in [6, 6.07) is 2.71. The normalized spacial score (nSPS) is 11.7. The first-order valence-electron chi connectivity index (χ1n) is 5.76. The summed E-state index contributed by atoms with van der Waals surface area (Å²) >= 11 is 0. The smallest absolute Gasteiger partial charge is 0.319 e. The van der Waals surface area contributed by atoms with Crippen molar-refractivity contribution in [2.45, 2.75) is 19.3 Å². The van der Waals surface area contributed by atoms with Crippen molar-refractivity contribution in [1.29, 1.82) is 0 Å². The van der Waals surface area contributed by atoms with Crippen molar-refractivity contribution in [3.63, 3.8) is 0 Å². The summed E-state index contributed by atoms with van der Waals surface area (Å²) in [5.41, 5.74) is -0.109. The van der Waals surface area contributed by atoms with Crippen LogP contribution in [0.4, 0.5) is 23.2 Å². The first-order valence-corrected chi connectivity index (χ1v) is 5.76. The Morgan fingerprint density at radius 2 is 2.05 bits per heavy atom. The fourth-order valence-corrected chi connectivity index (χ4v) is 1.54. The van der Waals surface area contributed by atoms with Crippen molar-refractivity contribution in [3.05, 3.63) is 36.5 Å². The number of carbonyl (C=O) groups is 1. The molecule has 0 aliphatic carbocycles. The number of hydrogen-bond acceptors (Lipinski definition) is 3. The van der Waals surface area contributed by atoms with Crippen molar-refractivity contribution in [2.24, 2.45) is 0 Å². The van der Waals surface area contributed by atoms with Gasteiger partial charge in [0.05, 0.1) is 11.9 Å². The van der Waals surface area contributed by atoms with Gasteiger partial charge in [-0.1, -0.05) is 0 Å². The maximum Gasteiger partial charge on any atom is 0.383 e. The maximum atomic E-state index is 12.8. The van der Waals surface area contributed by atoms with E-state index in [9.17, 15) is 22.4 Å². The molecule has 1 amide bonds. The van der Waals surface area contributed by atoms with Gasteiger partial charge >= 0.3 is 18.3 Å². The lowest BCUT2D eigenvalue weighted by atomic mass is 10.3. The standard InChI is InChI=1S/C12H10F4N4O/c1-7-17-4-5-20(7)9-3-2-8(6-18-9)19-11(21)12(15,16)10(13)14/h2-6,10H,1H3,(H,19,21). The first kappa shape index (κ1) is 14.9. The molecule has 5 nitrogen and oxygen atoms in total. The molecule has 0 aliphatic rings. The highest BCUT2D eigenvalue weighted by atomic mass is 19.3. The molecule has 2 rings (SSSR count). The third kappa shape index (κ3) is 3.01. The molecule has 112 valence electrons. The largest absolute Gasteiger partial charge is 0.383 e. The van der Waals surface area contributed by atoms with E-state index in [1.165, 1.54) is 12.1 Å². The van der Waals surface area contributed by atoms with E-state index in [1.54, 1.807) is 29.2 Å². The lowest BCUT2D eigenvalue weighted by molar-refractivity contribution is -0.163. The van der Waals surface area contributed by atoms with Gasteiger partial charge in [0.15, 0.2) is 0 Å². The van der Waals surface area contributed by atoms with Gasteiger partial charge < -0.3 is 5.32 Å². The summed E-state index contributed by atoms with van der Waals surface area (Å²) in [4.78, 5) is 19.0. The molecule has 0 aliphatic heterocycles. The Morgan fingerprint density at radius 1 is 1.33 bits per heavy atom. The quantitative estimate of drug-likeness (QED) is 0.882. The highest BCUT2D eigenvalue weighted by molar-refractivity contribution is 5.96. The van der Waals surface area contributed by atoms with E-state index in [4.69, 9.17) is 0 Å². The van der Waals surface area contributed by atoms with Crippen LogP contribution in [0.15, 0.2) is 30.7 Å². The van der Waals surface area contributed by atoms with E-state index in [1.807, 2.05) is 0 Å². The van der Waals surface area contributed by atoms with Crippen LogP contribution in [0, 0.1) is 6.92 Å². The predicted molar refractivity (Wildman–Crippen MR) is 65.7 cm³/mol. The van der Waals surface area contributed by atoms with Gasteiger partial charge in [0.1, 0.15) is 11.6 Å². The van der Waals surface area contributed by atoms with Crippen LogP contribution < -0.4 is 5.32 Å². The van der Waals surface area contributed by atoms with Gasteiger partial charge in [-0.2, -0.15) is 8.78 Å². The number of halogens is 4. The van der Waals surface area contributed by atoms with Crippen molar-refractivity contribution >= 4 is 11.6 Å². The molecular weight excluding hydrogens is 292 g/mol. The molecule has 1 N–H and O–H groups in total. The van der Waals surface area contributed by atoms with Crippen LogP contribution >= 0.6 is 0 Å². The fourth-order valence-electron chi connectivity index (χ4n) is 1.54. The monoisotopic (exact) mass is 302 g/mol. The number of carbonyl (C=O) groups excluding carboxylic acids is 1. The van der Waals surface area contributed by atoms with Crippen LogP contribution in [0.2, 0.25) is 0 Å². The van der Waals surface area contributed by atoms with Gasteiger partial charge in [0, 0.05) is 12.4 Å². The number of nitrogens with zero attached hydrogens (tertiary/aromatic N) is 3. The Bertz CT molecular complexity index is 639. The van der Waals surface area contributed by atoms with Gasteiger partial charge in [0.25, 0.3) is 0 Å². The second-order valence-electron chi connectivity index (χ2n) is 4.13. The predicted octanol–water partition coefficient (Wildman–Crippen LogP) is 2.41. The number of anilines is 1. The second kappa shape index (κ2) is 5.51. The molecule has 0 fully saturated rings. The van der Waals surface area contributed by atoms with Crippen molar-refractivity contribution in [3.8, 4) is 5.82 Å². The zero-order valence-electron chi connectivity index (χ0n) is 10.7. The van der Waals surface area contributed by atoms with Crippen LogP contribution in [0.5, 0.6) is 0 Å². The fraction of sp³-hybridized carbons (Fsp3) is 0.250. The van der Waals surface area contributed by atoms with E-state index in [2.05, 4.69) is 9.97 Å². The number of pyridine rings is 1. The van der Waals surface area contributed by atoms with Crippen LogP contribution in [0.1, 0.15) is 5.82 Å². The molecule has 9 heteroatoms. The zero-order valence-corrected chi connectivity index (χ0v) is 10.7. The summed E-state index contributed by atoms with van der Waals surface area (Å²) in [5.74, 6) is -5.72. The molecule has 0 saturated carbocycles. The number of aromatic nitrogens is 3. The SMILES string of the molecule is Cc1nccn1-c1ccc(NC(=O)C(F)(F)C(F)F)cn1. The number of nitrogens with one attached hydrogen (secondary N) is 1. The van der Waals surface area contributed by atoms with E-state index in [0.717, 1.165) is 6.20 Å². The van der Waals surface area contributed by atoms with Gasteiger partial charge in [-0.25, -0.2) is 18.7 Å². The number of imidazole rings is 1. The van der Waals surface area contributed by atoms with Crippen LogP contribution in [0.25, 0.3) is 5.82 Å². The number of alkyl halides is 4. The van der Waals surface area contributed by atoms with Gasteiger partial charge in [-0.3, -0.25) is 9.36 Å². The molecule has 0 aromatic carbocycles. The average molecular weight is 302 g/mol. The van der Waals surface area contributed by atoms with Crippen LogP contribution in [-0.2, 0) is 4.79 Å². The minimum atomic E-state index is -4.75. The van der Waals surface area contributed by atoms with Crippen molar-refractivity contribution < 1.29 is 22.4 Å². The van der Waals surface area contributed by atoms with E-state index in [0.29, 0.717) is 11.6 Å². The summed E-state index contributed by atoms with van der Waals surface area (Å²) < 4.78 is 51.2. The molecule has 2 aromatic rings. The van der Waals surface area contributed by atoms with Crippen molar-refractivity contribution in [2.75, 3.05) is 5.32 Å². The molecule has 21 heavy (non-hydrogen) atoms. The summed E-state index contributed by atoms with van der Waals surface area (Å²) in [6.07, 6.45) is 0.212. The lowest BCUT2D eigenvalue weighted by Gasteiger charge is -2.14. The zero-order chi connectivity index (χ0) is 15.6. The van der Waals surface area contributed by atoms with Crippen molar-refractivity contribution in [1.82, 2.24) is 14.5 Å². The van der Waals surface area contributed by atoms with E-state index >= 15 is 0 Å². The van der Waals surface area contributed by atoms with Crippen LogP contribution in [-0.4, -0.2) is 32.8 Å². The molecular formula is C12H10F4N4O. The Morgan fingerprint density at radius 3 is 2.52 bits per heavy atom. The third-order valence-electron chi connectivity index (χ3n) is 2.66. The molecule has 0 spiro atoms.